The molecule has 0 aromatic heterocycles. The Balaban J connectivity index is 1.78. The molecule has 3 aromatic carbocycles. The van der Waals surface area contributed by atoms with Gasteiger partial charge in [-0.05, 0) is 23.8 Å². The largest absolute Gasteiger partial charge is 0.288 e. The highest BCUT2D eigenvalue weighted by molar-refractivity contribution is 6.35. The van der Waals surface area contributed by atoms with E-state index in [2.05, 4.69) is 0 Å². The molecule has 5 rings (SSSR count). The SMILES string of the molecule is O=C1c2cc([N+](=O)[O-])ccc2-c2c(F)c(N3C(=O)c4ccccc4C3=O)c(F)c(F)c21. The minimum absolute atomic E-state index is 0.112. The number of non-ortho nitro benzene ring substituents is 1. The molecule has 0 bridgehead atoms. The number of halogens is 3. The highest BCUT2D eigenvalue weighted by Crippen LogP contribution is 2.46. The number of nitro benzene ring substituents is 1. The lowest BCUT2D eigenvalue weighted by Gasteiger charge is -2.18. The van der Waals surface area contributed by atoms with Crippen LogP contribution < -0.4 is 4.90 Å². The summed E-state index contributed by atoms with van der Waals surface area (Å²) >= 11 is 0. The molecule has 0 atom stereocenters. The normalized spacial score (nSPS) is 14.0. The first-order valence-electron chi connectivity index (χ1n) is 8.75. The first-order valence-corrected chi connectivity index (χ1v) is 8.75. The van der Waals surface area contributed by atoms with Gasteiger partial charge in [-0.15, -0.1) is 0 Å². The van der Waals surface area contributed by atoms with Gasteiger partial charge in [0.2, 0.25) is 0 Å². The molecular formula is C21H7F3N2O5. The molecule has 0 saturated heterocycles. The fourth-order valence-corrected chi connectivity index (χ4v) is 3.89. The number of hydrogen-bond donors (Lipinski definition) is 0. The maximum Gasteiger partial charge on any atom is 0.270 e. The zero-order valence-electron chi connectivity index (χ0n) is 15.1. The highest BCUT2D eigenvalue weighted by Gasteiger charge is 2.44. The van der Waals surface area contributed by atoms with Crippen LogP contribution in [0, 0.1) is 27.6 Å². The number of fused-ring (bicyclic) bond motifs is 4. The Labute approximate surface area is 170 Å². The van der Waals surface area contributed by atoms with Crippen molar-refractivity contribution in [3.8, 4) is 11.1 Å². The molecule has 1 heterocycles. The van der Waals surface area contributed by atoms with Gasteiger partial charge in [0.25, 0.3) is 17.5 Å². The molecule has 7 nitrogen and oxygen atoms in total. The smallest absolute Gasteiger partial charge is 0.270 e. The van der Waals surface area contributed by atoms with Crippen LogP contribution in [0.15, 0.2) is 42.5 Å². The number of anilines is 1. The Morgan fingerprint density at radius 1 is 0.742 bits per heavy atom. The van der Waals surface area contributed by atoms with Gasteiger partial charge < -0.3 is 0 Å². The van der Waals surface area contributed by atoms with E-state index in [0.29, 0.717) is 0 Å². The Kier molecular flexibility index (Phi) is 3.66. The molecule has 1 aliphatic carbocycles. The Bertz CT molecular complexity index is 1380. The summed E-state index contributed by atoms with van der Waals surface area (Å²) in [5.41, 5.74) is -4.19. The fourth-order valence-electron chi connectivity index (χ4n) is 3.89. The van der Waals surface area contributed by atoms with E-state index in [0.717, 1.165) is 18.2 Å². The van der Waals surface area contributed by atoms with Gasteiger partial charge in [0.1, 0.15) is 5.69 Å². The number of rotatable bonds is 2. The summed E-state index contributed by atoms with van der Waals surface area (Å²) in [6.45, 7) is 0. The van der Waals surface area contributed by atoms with Crippen molar-refractivity contribution in [2.45, 2.75) is 0 Å². The van der Waals surface area contributed by atoms with E-state index in [4.69, 9.17) is 0 Å². The van der Waals surface area contributed by atoms with E-state index >= 15 is 4.39 Å². The van der Waals surface area contributed by atoms with Crippen LogP contribution in [0.3, 0.4) is 0 Å². The molecule has 10 heteroatoms. The van der Waals surface area contributed by atoms with Crippen LogP contribution in [0.5, 0.6) is 0 Å². The van der Waals surface area contributed by atoms with E-state index in [1.807, 2.05) is 0 Å². The van der Waals surface area contributed by atoms with E-state index in [1.165, 1.54) is 24.3 Å². The number of benzene rings is 3. The summed E-state index contributed by atoms with van der Waals surface area (Å²) < 4.78 is 45.3. The summed E-state index contributed by atoms with van der Waals surface area (Å²) in [4.78, 5) is 48.3. The lowest BCUT2D eigenvalue weighted by Crippen LogP contribution is -2.32. The number of carbonyl (C=O) groups excluding carboxylic acids is 3. The van der Waals surface area contributed by atoms with Gasteiger partial charge in [-0.1, -0.05) is 12.1 Å². The lowest BCUT2D eigenvalue weighted by molar-refractivity contribution is -0.384. The van der Waals surface area contributed by atoms with Crippen LogP contribution in [0.1, 0.15) is 36.6 Å². The third-order valence-corrected chi connectivity index (χ3v) is 5.27. The van der Waals surface area contributed by atoms with Crippen molar-refractivity contribution >= 4 is 29.0 Å². The van der Waals surface area contributed by atoms with Gasteiger partial charge in [0.05, 0.1) is 21.6 Å². The van der Waals surface area contributed by atoms with Crippen molar-refractivity contribution in [1.82, 2.24) is 0 Å². The zero-order valence-corrected chi connectivity index (χ0v) is 15.1. The van der Waals surface area contributed by atoms with Crippen molar-refractivity contribution in [2.24, 2.45) is 0 Å². The summed E-state index contributed by atoms with van der Waals surface area (Å²) in [5.74, 6) is -8.38. The molecule has 0 spiro atoms. The third-order valence-electron chi connectivity index (χ3n) is 5.27. The number of imide groups is 1. The second kappa shape index (κ2) is 6.08. The maximum absolute atomic E-state index is 15.5. The number of nitro groups is 1. The van der Waals surface area contributed by atoms with Crippen molar-refractivity contribution in [2.75, 3.05) is 4.90 Å². The quantitative estimate of drug-likeness (QED) is 0.210. The topological polar surface area (TPSA) is 97.6 Å². The molecule has 0 unspecified atom stereocenters. The molecular weight excluding hydrogens is 417 g/mol. The van der Waals surface area contributed by atoms with E-state index in [9.17, 15) is 33.3 Å². The van der Waals surface area contributed by atoms with E-state index in [-0.39, 0.29) is 27.2 Å². The van der Waals surface area contributed by atoms with Gasteiger partial charge >= 0.3 is 0 Å². The van der Waals surface area contributed by atoms with Crippen LogP contribution in [0.4, 0.5) is 24.5 Å². The molecule has 0 N–H and O–H groups in total. The van der Waals surface area contributed by atoms with Gasteiger partial charge in [-0.3, -0.25) is 24.5 Å². The standard InChI is InChI=1S/C21H7F3N2O5/c22-15-14-13(9-6-5-8(26(30)31)7-12(9)19(14)27)16(23)18(17(15)24)25-20(28)10-3-1-2-4-11(10)21(25)29/h1-7H. The number of carbonyl (C=O) groups is 3. The zero-order chi connectivity index (χ0) is 22.2. The van der Waals surface area contributed by atoms with Crippen LogP contribution in [-0.4, -0.2) is 22.5 Å². The van der Waals surface area contributed by atoms with Crippen LogP contribution in [0.25, 0.3) is 11.1 Å². The van der Waals surface area contributed by atoms with Crippen molar-refractivity contribution < 1.29 is 32.5 Å². The summed E-state index contributed by atoms with van der Waals surface area (Å²) in [5, 5.41) is 11.0. The molecule has 1 aliphatic heterocycles. The van der Waals surface area contributed by atoms with E-state index < -0.39 is 62.5 Å². The number of nitrogens with zero attached hydrogens (tertiary/aromatic N) is 2. The average Bonchev–Trinajstić information content (AvgIpc) is 3.19. The Hall–Kier alpha value is -4.34. The highest BCUT2D eigenvalue weighted by atomic mass is 19.2. The van der Waals surface area contributed by atoms with Gasteiger partial charge in [-0.25, -0.2) is 18.1 Å². The Morgan fingerprint density at radius 3 is 1.94 bits per heavy atom. The summed E-state index contributed by atoms with van der Waals surface area (Å²) in [6, 6.07) is 8.31. The fraction of sp³-hybridized carbons (Fsp3) is 0. The van der Waals surface area contributed by atoms with Crippen molar-refractivity contribution in [1.29, 1.82) is 0 Å². The van der Waals surface area contributed by atoms with Gasteiger partial charge in [0, 0.05) is 23.3 Å². The number of amides is 2. The third kappa shape index (κ3) is 2.26. The van der Waals surface area contributed by atoms with Gasteiger partial charge in [-0.2, -0.15) is 0 Å². The predicted molar refractivity (Wildman–Crippen MR) is 99.4 cm³/mol. The van der Waals surface area contributed by atoms with Crippen LogP contribution in [-0.2, 0) is 0 Å². The van der Waals surface area contributed by atoms with Crippen LogP contribution in [0.2, 0.25) is 0 Å². The van der Waals surface area contributed by atoms with Crippen molar-refractivity contribution in [3.05, 3.63) is 92.3 Å². The average molecular weight is 424 g/mol. The van der Waals surface area contributed by atoms with Crippen LogP contribution >= 0.6 is 0 Å². The first kappa shape index (κ1) is 18.7. The molecule has 2 amide bonds. The predicted octanol–water partition coefficient (Wildman–Crippen LogP) is 4.02. The first-order chi connectivity index (χ1) is 14.7. The minimum Gasteiger partial charge on any atom is -0.288 e. The summed E-state index contributed by atoms with van der Waals surface area (Å²) in [7, 11) is 0. The molecule has 152 valence electrons. The lowest BCUT2D eigenvalue weighted by atomic mass is 10.0. The second-order valence-electron chi connectivity index (χ2n) is 6.85. The molecule has 0 saturated carbocycles. The second-order valence-corrected chi connectivity index (χ2v) is 6.85. The number of ketones is 1. The van der Waals surface area contributed by atoms with Gasteiger partial charge in [0.15, 0.2) is 23.2 Å². The minimum atomic E-state index is -1.89. The van der Waals surface area contributed by atoms with Crippen molar-refractivity contribution in [3.63, 3.8) is 0 Å². The Morgan fingerprint density at radius 2 is 1.35 bits per heavy atom. The summed E-state index contributed by atoms with van der Waals surface area (Å²) in [6.07, 6.45) is 0. The molecule has 0 radical (unpaired) electrons. The molecule has 2 aliphatic rings. The number of hydrogen-bond acceptors (Lipinski definition) is 5. The maximum atomic E-state index is 15.5. The molecule has 0 fully saturated rings. The monoisotopic (exact) mass is 424 g/mol. The molecule has 31 heavy (non-hydrogen) atoms. The van der Waals surface area contributed by atoms with E-state index in [1.54, 1.807) is 0 Å². The molecule has 3 aromatic rings.